The van der Waals surface area contributed by atoms with Crippen LogP contribution in [0.3, 0.4) is 0 Å². The first-order valence-corrected chi connectivity index (χ1v) is 7.78. The maximum absolute atomic E-state index is 12.3. The first-order chi connectivity index (χ1) is 12.3. The lowest BCUT2D eigenvalue weighted by Crippen LogP contribution is -2.45. The summed E-state index contributed by atoms with van der Waals surface area (Å²) in [7, 11) is 2.44. The second-order valence-electron chi connectivity index (χ2n) is 5.51. The number of esters is 1. The molecule has 1 atom stereocenters. The van der Waals surface area contributed by atoms with E-state index in [0.29, 0.717) is 18.5 Å². The summed E-state index contributed by atoms with van der Waals surface area (Å²) >= 11 is 0. The number of nitrogens with one attached hydrogen (secondary N) is 2. The highest BCUT2D eigenvalue weighted by Crippen LogP contribution is 2.40. The molecule has 26 heavy (non-hydrogen) atoms. The normalized spacial score (nSPS) is 16.6. The van der Waals surface area contributed by atoms with Crippen molar-refractivity contribution in [3.8, 4) is 11.5 Å². The molecule has 2 rings (SSSR count). The Kier molecular flexibility index (Phi) is 5.65. The Balaban J connectivity index is 2.68. The number of nitrogens with zero attached hydrogens (tertiary/aromatic N) is 1. The summed E-state index contributed by atoms with van der Waals surface area (Å²) in [5.41, 5.74) is 0.113. The van der Waals surface area contributed by atoms with Crippen LogP contribution in [-0.2, 0) is 9.53 Å². The Labute approximate surface area is 148 Å². The highest BCUT2D eigenvalue weighted by atomic mass is 16.6. The van der Waals surface area contributed by atoms with Crippen molar-refractivity contribution in [3.63, 3.8) is 0 Å². The molecule has 1 heterocycles. The molecule has 0 saturated heterocycles. The van der Waals surface area contributed by atoms with Crippen molar-refractivity contribution >= 4 is 17.7 Å². The molecule has 140 valence electrons. The number of amides is 2. The SMILES string of the molecule is CCCC1=C(C(=O)OC)C(c2cc(OC)c(O)c([N+](=O)[O-])c2)NC(=O)N1. The third-order valence-corrected chi connectivity index (χ3v) is 3.89. The fraction of sp³-hybridized carbons (Fsp3) is 0.375. The zero-order valence-corrected chi connectivity index (χ0v) is 14.5. The molecule has 0 spiro atoms. The van der Waals surface area contributed by atoms with Crippen LogP contribution in [0.15, 0.2) is 23.4 Å². The van der Waals surface area contributed by atoms with E-state index in [4.69, 9.17) is 9.47 Å². The molecule has 3 N–H and O–H groups in total. The van der Waals surface area contributed by atoms with E-state index in [9.17, 15) is 24.8 Å². The van der Waals surface area contributed by atoms with Crippen LogP contribution >= 0.6 is 0 Å². The Morgan fingerprint density at radius 1 is 1.38 bits per heavy atom. The van der Waals surface area contributed by atoms with Crippen molar-refractivity contribution in [2.45, 2.75) is 25.8 Å². The molecule has 1 aliphatic heterocycles. The summed E-state index contributed by atoms with van der Waals surface area (Å²) in [4.78, 5) is 34.7. The van der Waals surface area contributed by atoms with Gasteiger partial charge in [0.15, 0.2) is 5.75 Å². The van der Waals surface area contributed by atoms with Gasteiger partial charge in [-0.3, -0.25) is 10.1 Å². The maximum atomic E-state index is 12.3. The fourth-order valence-electron chi connectivity index (χ4n) is 2.74. The number of methoxy groups -OCH3 is 2. The molecule has 1 aromatic carbocycles. The zero-order chi connectivity index (χ0) is 19.4. The fourth-order valence-corrected chi connectivity index (χ4v) is 2.74. The van der Waals surface area contributed by atoms with Crippen LogP contribution in [0.5, 0.6) is 11.5 Å². The van der Waals surface area contributed by atoms with E-state index in [1.54, 1.807) is 0 Å². The number of urea groups is 1. The number of hydrogen-bond donors (Lipinski definition) is 3. The molecule has 1 aromatic rings. The third kappa shape index (κ3) is 3.53. The number of hydrogen-bond acceptors (Lipinski definition) is 7. The number of benzene rings is 1. The zero-order valence-electron chi connectivity index (χ0n) is 14.5. The molecule has 2 amide bonds. The predicted octanol–water partition coefficient (Wildman–Crippen LogP) is 1.89. The molecule has 10 heteroatoms. The van der Waals surface area contributed by atoms with Crippen molar-refractivity contribution in [2.24, 2.45) is 0 Å². The molecule has 10 nitrogen and oxygen atoms in total. The van der Waals surface area contributed by atoms with Crippen molar-refractivity contribution in [1.29, 1.82) is 0 Å². The number of nitro groups is 1. The van der Waals surface area contributed by atoms with Crippen LogP contribution in [0.1, 0.15) is 31.4 Å². The minimum Gasteiger partial charge on any atom is -0.500 e. The smallest absolute Gasteiger partial charge is 0.337 e. The van der Waals surface area contributed by atoms with Gasteiger partial charge in [0, 0.05) is 11.8 Å². The lowest BCUT2D eigenvalue weighted by molar-refractivity contribution is -0.386. The van der Waals surface area contributed by atoms with Gasteiger partial charge in [-0.15, -0.1) is 0 Å². The standard InChI is InChI=1S/C16H19N3O7/c1-4-5-9-12(15(21)26-3)13(18-16(22)17-9)8-6-10(19(23)24)14(20)11(7-8)25-2/h6-7,13,20H,4-5H2,1-3H3,(H2,17,18,22). The number of carbonyl (C=O) groups excluding carboxylic acids is 2. The second kappa shape index (κ2) is 7.72. The van der Waals surface area contributed by atoms with Gasteiger partial charge < -0.3 is 25.2 Å². The summed E-state index contributed by atoms with van der Waals surface area (Å²) in [6, 6.07) is 0.859. The van der Waals surface area contributed by atoms with E-state index in [1.807, 2.05) is 6.92 Å². The number of phenolic OH excluding ortho intramolecular Hbond substituents is 1. The predicted molar refractivity (Wildman–Crippen MR) is 89.7 cm³/mol. The maximum Gasteiger partial charge on any atom is 0.337 e. The topological polar surface area (TPSA) is 140 Å². The molecular formula is C16H19N3O7. The van der Waals surface area contributed by atoms with Crippen molar-refractivity contribution in [2.75, 3.05) is 14.2 Å². The van der Waals surface area contributed by atoms with E-state index in [0.717, 1.165) is 6.07 Å². The van der Waals surface area contributed by atoms with Crippen LogP contribution in [0.25, 0.3) is 0 Å². The minimum atomic E-state index is -0.994. The number of allylic oxidation sites excluding steroid dienone is 1. The van der Waals surface area contributed by atoms with E-state index >= 15 is 0 Å². The van der Waals surface area contributed by atoms with Gasteiger partial charge in [0.25, 0.3) is 0 Å². The monoisotopic (exact) mass is 365 g/mol. The van der Waals surface area contributed by atoms with Gasteiger partial charge in [0.1, 0.15) is 0 Å². The van der Waals surface area contributed by atoms with Crippen LogP contribution in [0, 0.1) is 10.1 Å². The molecule has 0 fully saturated rings. The van der Waals surface area contributed by atoms with E-state index in [-0.39, 0.29) is 16.9 Å². The van der Waals surface area contributed by atoms with Crippen LogP contribution in [-0.4, -0.2) is 36.2 Å². The second-order valence-corrected chi connectivity index (χ2v) is 5.51. The molecule has 0 aromatic heterocycles. The average molecular weight is 365 g/mol. The van der Waals surface area contributed by atoms with Crippen LogP contribution in [0.2, 0.25) is 0 Å². The summed E-state index contributed by atoms with van der Waals surface area (Å²) < 4.78 is 9.78. The lowest BCUT2D eigenvalue weighted by Gasteiger charge is -2.29. The number of phenols is 1. The van der Waals surface area contributed by atoms with Gasteiger partial charge in [0.2, 0.25) is 5.75 Å². The van der Waals surface area contributed by atoms with E-state index < -0.39 is 34.4 Å². The number of carbonyl (C=O) groups is 2. The Morgan fingerprint density at radius 3 is 2.62 bits per heavy atom. The third-order valence-electron chi connectivity index (χ3n) is 3.89. The molecule has 1 aliphatic rings. The number of rotatable bonds is 6. The van der Waals surface area contributed by atoms with Gasteiger partial charge in [-0.25, -0.2) is 9.59 Å². The van der Waals surface area contributed by atoms with Crippen LogP contribution < -0.4 is 15.4 Å². The summed E-state index contributed by atoms with van der Waals surface area (Å²) in [5.74, 6) is -1.47. The van der Waals surface area contributed by atoms with Crippen molar-refractivity contribution in [3.05, 3.63) is 39.1 Å². The minimum absolute atomic E-state index is 0.135. The highest BCUT2D eigenvalue weighted by Gasteiger charge is 2.35. The molecule has 0 bridgehead atoms. The quantitative estimate of drug-likeness (QED) is 0.397. The highest BCUT2D eigenvalue weighted by molar-refractivity contribution is 5.95. The molecule has 0 radical (unpaired) electrons. The van der Waals surface area contributed by atoms with E-state index in [1.165, 1.54) is 20.3 Å². The van der Waals surface area contributed by atoms with Gasteiger partial charge in [-0.1, -0.05) is 13.3 Å². The summed E-state index contributed by atoms with van der Waals surface area (Å²) in [6.07, 6.45) is 1.06. The largest absolute Gasteiger partial charge is 0.500 e. The van der Waals surface area contributed by atoms with Gasteiger partial charge in [-0.05, 0) is 18.1 Å². The van der Waals surface area contributed by atoms with Gasteiger partial charge in [0.05, 0.1) is 30.8 Å². The lowest BCUT2D eigenvalue weighted by atomic mass is 9.93. The Hall–Kier alpha value is -3.30. The first kappa shape index (κ1) is 19.0. The summed E-state index contributed by atoms with van der Waals surface area (Å²) in [5, 5.41) is 26.3. The Bertz CT molecular complexity index is 788. The average Bonchev–Trinajstić information content (AvgIpc) is 2.60. The van der Waals surface area contributed by atoms with Crippen LogP contribution in [0.4, 0.5) is 10.5 Å². The number of nitro benzene ring substituents is 1. The molecule has 1 unspecified atom stereocenters. The van der Waals surface area contributed by atoms with E-state index in [2.05, 4.69) is 10.6 Å². The number of aromatic hydroxyl groups is 1. The number of ether oxygens (including phenoxy) is 2. The van der Waals surface area contributed by atoms with Gasteiger partial charge in [-0.2, -0.15) is 0 Å². The molecule has 0 aliphatic carbocycles. The van der Waals surface area contributed by atoms with Gasteiger partial charge >= 0.3 is 17.7 Å². The first-order valence-electron chi connectivity index (χ1n) is 7.78. The van der Waals surface area contributed by atoms with Crippen molar-refractivity contribution < 1.29 is 29.1 Å². The summed E-state index contributed by atoms with van der Waals surface area (Å²) in [6.45, 7) is 1.87. The molecule has 0 saturated carbocycles. The molecular weight excluding hydrogens is 346 g/mol. The van der Waals surface area contributed by atoms with Crippen molar-refractivity contribution in [1.82, 2.24) is 10.6 Å². The Morgan fingerprint density at radius 2 is 2.08 bits per heavy atom.